The van der Waals surface area contributed by atoms with E-state index < -0.39 is 29.6 Å². The Morgan fingerprint density at radius 1 is 1.20 bits per heavy atom. The Labute approximate surface area is 172 Å². The first kappa shape index (κ1) is 19.6. The Kier molecular flexibility index (Phi) is 5.23. The average Bonchev–Trinajstić information content (AvgIpc) is 3.41. The van der Waals surface area contributed by atoms with Crippen LogP contribution in [0, 0.1) is 17.1 Å². The predicted molar refractivity (Wildman–Crippen MR) is 109 cm³/mol. The van der Waals surface area contributed by atoms with E-state index in [4.69, 9.17) is 4.74 Å². The number of imidazole rings is 1. The number of carbonyl (C=O) groups is 1. The van der Waals surface area contributed by atoms with E-state index in [0.717, 1.165) is 18.4 Å². The molecule has 0 saturated heterocycles. The van der Waals surface area contributed by atoms with Gasteiger partial charge in [0.2, 0.25) is 0 Å². The van der Waals surface area contributed by atoms with Crippen LogP contribution in [0.15, 0.2) is 54.3 Å². The number of aliphatic hydroxyl groups is 1. The van der Waals surface area contributed by atoms with Gasteiger partial charge in [0.25, 0.3) is 0 Å². The maximum absolute atomic E-state index is 14.4. The molecule has 1 heterocycles. The van der Waals surface area contributed by atoms with Gasteiger partial charge < -0.3 is 14.8 Å². The molecule has 3 aromatic rings. The number of nitriles is 1. The lowest BCUT2D eigenvalue weighted by Crippen LogP contribution is -2.36. The first-order valence-corrected chi connectivity index (χ1v) is 9.75. The van der Waals surface area contributed by atoms with E-state index in [1.807, 2.05) is 18.2 Å². The third-order valence-corrected chi connectivity index (χ3v) is 5.60. The maximum atomic E-state index is 14.4. The van der Waals surface area contributed by atoms with Crippen LogP contribution in [0.1, 0.15) is 37.1 Å². The molecule has 4 rings (SSSR count). The lowest BCUT2D eigenvalue weighted by molar-refractivity contribution is -0.150. The number of fused-ring (bicyclic) bond motifs is 1. The van der Waals surface area contributed by atoms with Gasteiger partial charge >= 0.3 is 5.97 Å². The summed E-state index contributed by atoms with van der Waals surface area (Å²) < 4.78 is 19.8. The molecule has 1 aliphatic carbocycles. The Morgan fingerprint density at radius 3 is 2.60 bits per heavy atom. The number of H-pyrrole nitrogens is 1. The van der Waals surface area contributed by atoms with Gasteiger partial charge in [-0.2, -0.15) is 5.26 Å². The van der Waals surface area contributed by atoms with Crippen LogP contribution in [0.5, 0.6) is 0 Å². The fourth-order valence-corrected chi connectivity index (χ4v) is 4.08. The number of rotatable bonds is 5. The number of carbonyl (C=O) groups excluding carboxylic acids is 1. The number of aromatic nitrogens is 2. The Bertz CT molecular complexity index is 1140. The molecule has 0 amide bonds. The summed E-state index contributed by atoms with van der Waals surface area (Å²) in [6.45, 7) is -0.491. The number of allylic oxidation sites excluding steroid dienone is 1. The van der Waals surface area contributed by atoms with Gasteiger partial charge in [-0.1, -0.05) is 43.2 Å². The molecule has 7 heteroatoms. The molecule has 1 aromatic heterocycles. The lowest BCUT2D eigenvalue weighted by Gasteiger charge is -2.27. The molecule has 0 bridgehead atoms. The quantitative estimate of drug-likeness (QED) is 0.369. The van der Waals surface area contributed by atoms with Gasteiger partial charge in [-0.3, -0.25) is 4.79 Å². The van der Waals surface area contributed by atoms with Crippen molar-refractivity contribution in [3.8, 4) is 6.07 Å². The fraction of sp³-hybridized carbons (Fsp3) is 0.261. The number of halogens is 1. The number of hydrogen-bond acceptors (Lipinski definition) is 5. The number of para-hydroxylation sites is 2. The second kappa shape index (κ2) is 7.99. The molecule has 1 aliphatic rings. The molecule has 152 valence electrons. The highest BCUT2D eigenvalue weighted by atomic mass is 19.1. The van der Waals surface area contributed by atoms with Crippen molar-refractivity contribution in [2.45, 2.75) is 31.1 Å². The molecular weight excluding hydrogens is 385 g/mol. The van der Waals surface area contributed by atoms with E-state index in [-0.39, 0.29) is 11.4 Å². The van der Waals surface area contributed by atoms with Gasteiger partial charge in [-0.15, -0.1) is 0 Å². The van der Waals surface area contributed by atoms with Gasteiger partial charge in [0, 0.05) is 5.56 Å². The van der Waals surface area contributed by atoms with Gasteiger partial charge in [0.15, 0.2) is 11.6 Å². The van der Waals surface area contributed by atoms with Crippen LogP contribution in [0.4, 0.5) is 4.39 Å². The van der Waals surface area contributed by atoms with Crippen molar-refractivity contribution in [2.24, 2.45) is 0 Å². The molecule has 6 nitrogen and oxygen atoms in total. The first-order chi connectivity index (χ1) is 14.5. The van der Waals surface area contributed by atoms with Crippen molar-refractivity contribution in [1.82, 2.24) is 9.97 Å². The summed E-state index contributed by atoms with van der Waals surface area (Å²) in [4.78, 5) is 20.2. The highest BCUT2D eigenvalue weighted by molar-refractivity contribution is 5.85. The topological polar surface area (TPSA) is 99.0 Å². The van der Waals surface area contributed by atoms with Crippen LogP contribution in [-0.4, -0.2) is 27.7 Å². The van der Waals surface area contributed by atoms with Gasteiger partial charge in [-0.05, 0) is 31.0 Å². The highest BCUT2D eigenvalue weighted by Gasteiger charge is 2.45. The minimum absolute atomic E-state index is 0.106. The molecule has 0 aliphatic heterocycles. The molecule has 0 radical (unpaired) electrons. The summed E-state index contributed by atoms with van der Waals surface area (Å²) in [6, 6.07) is 15.3. The maximum Gasteiger partial charge on any atom is 0.317 e. The van der Waals surface area contributed by atoms with E-state index in [1.165, 1.54) is 6.07 Å². The Morgan fingerprint density at radius 2 is 1.90 bits per heavy atom. The second-order valence-corrected chi connectivity index (χ2v) is 7.38. The van der Waals surface area contributed by atoms with Crippen molar-refractivity contribution in [1.29, 1.82) is 5.26 Å². The summed E-state index contributed by atoms with van der Waals surface area (Å²) in [6.07, 6.45) is 2.53. The van der Waals surface area contributed by atoms with E-state index >= 15 is 0 Å². The summed E-state index contributed by atoms with van der Waals surface area (Å²) in [5, 5.41) is 19.9. The Hall–Kier alpha value is -3.66. The van der Waals surface area contributed by atoms with E-state index in [0.29, 0.717) is 23.9 Å². The van der Waals surface area contributed by atoms with Crippen LogP contribution in [0.25, 0.3) is 16.6 Å². The van der Waals surface area contributed by atoms with Crippen molar-refractivity contribution >= 4 is 22.6 Å². The number of benzene rings is 2. The zero-order valence-electron chi connectivity index (χ0n) is 16.2. The summed E-state index contributed by atoms with van der Waals surface area (Å²) in [7, 11) is 0. The number of nitrogens with one attached hydrogen (secondary N) is 1. The number of esters is 1. The largest absolute Gasteiger partial charge is 0.507 e. The highest BCUT2D eigenvalue weighted by Crippen LogP contribution is 2.43. The van der Waals surface area contributed by atoms with Crippen molar-refractivity contribution < 1.29 is 19.0 Å². The summed E-state index contributed by atoms with van der Waals surface area (Å²) in [5.74, 6) is -1.27. The van der Waals surface area contributed by atoms with Crippen LogP contribution in [0.3, 0.4) is 0 Å². The number of hydrogen-bond donors (Lipinski definition) is 2. The van der Waals surface area contributed by atoms with Gasteiger partial charge in [0.1, 0.15) is 24.1 Å². The molecule has 0 unspecified atom stereocenters. The summed E-state index contributed by atoms with van der Waals surface area (Å²) >= 11 is 0. The summed E-state index contributed by atoms with van der Waals surface area (Å²) in [5.41, 5.74) is 0.501. The van der Waals surface area contributed by atoms with E-state index in [9.17, 15) is 19.6 Å². The van der Waals surface area contributed by atoms with Crippen LogP contribution in [0.2, 0.25) is 0 Å². The zero-order valence-corrected chi connectivity index (χ0v) is 16.2. The van der Waals surface area contributed by atoms with Crippen LogP contribution < -0.4 is 0 Å². The average molecular weight is 405 g/mol. The number of aromatic amines is 1. The van der Waals surface area contributed by atoms with Crippen LogP contribution >= 0.6 is 0 Å². The minimum atomic E-state index is -1.07. The van der Waals surface area contributed by atoms with Crippen molar-refractivity contribution in [2.75, 3.05) is 6.61 Å². The SMILES string of the molecule is N#C/C(=C(/O)COC(=O)C1(c2ccccc2F)CCCC1)c1nc2ccccc2[nH]1. The minimum Gasteiger partial charge on any atom is -0.507 e. The molecule has 2 N–H and O–H groups in total. The smallest absolute Gasteiger partial charge is 0.317 e. The molecule has 0 atom stereocenters. The second-order valence-electron chi connectivity index (χ2n) is 7.38. The molecule has 1 saturated carbocycles. The lowest BCUT2D eigenvalue weighted by atomic mass is 9.78. The normalized spacial score (nSPS) is 16.1. The zero-order chi connectivity index (χ0) is 21.1. The van der Waals surface area contributed by atoms with Gasteiger partial charge in [-0.25, -0.2) is 9.37 Å². The van der Waals surface area contributed by atoms with E-state index in [1.54, 1.807) is 30.3 Å². The molecule has 1 fully saturated rings. The number of aliphatic hydroxyl groups excluding tert-OH is 1. The molecule has 2 aromatic carbocycles. The van der Waals surface area contributed by atoms with Crippen molar-refractivity contribution in [3.63, 3.8) is 0 Å². The fourth-order valence-electron chi connectivity index (χ4n) is 4.08. The number of nitrogens with zero attached hydrogens (tertiary/aromatic N) is 2. The first-order valence-electron chi connectivity index (χ1n) is 9.75. The third-order valence-electron chi connectivity index (χ3n) is 5.60. The van der Waals surface area contributed by atoms with Gasteiger partial charge in [0.05, 0.1) is 16.4 Å². The Balaban J connectivity index is 1.58. The van der Waals surface area contributed by atoms with Crippen LogP contribution in [-0.2, 0) is 14.9 Å². The third kappa shape index (κ3) is 3.41. The standard InChI is InChI=1S/C23H20FN3O3/c24-17-8-2-1-7-16(17)23(11-5-6-12-23)22(29)30-14-20(28)15(13-25)21-26-18-9-3-4-10-19(18)27-21/h1-4,7-10,28H,5-6,11-12,14H2,(H,26,27)/b20-15-. The predicted octanol–water partition coefficient (Wildman–Crippen LogP) is 4.55. The van der Waals surface area contributed by atoms with E-state index in [2.05, 4.69) is 9.97 Å². The molecule has 30 heavy (non-hydrogen) atoms. The molecule has 0 spiro atoms. The monoisotopic (exact) mass is 405 g/mol. The number of ether oxygens (including phenoxy) is 1. The van der Waals surface area contributed by atoms with Crippen molar-refractivity contribution in [3.05, 3.63) is 71.5 Å². The molecular formula is C23H20FN3O3.